The van der Waals surface area contributed by atoms with Gasteiger partial charge < -0.3 is 11.1 Å². The molecular formula is C13H20N2OS. The molecule has 1 fully saturated rings. The Bertz CT molecular complexity index is 400. The summed E-state index contributed by atoms with van der Waals surface area (Å²) in [5, 5.41) is 3.17. The van der Waals surface area contributed by atoms with Gasteiger partial charge in [0.1, 0.15) is 0 Å². The molecule has 2 rings (SSSR count). The molecule has 17 heavy (non-hydrogen) atoms. The van der Waals surface area contributed by atoms with E-state index in [1.54, 1.807) is 6.07 Å². The molecule has 3 nitrogen and oxygen atoms in total. The predicted molar refractivity (Wildman–Crippen MR) is 72.4 cm³/mol. The molecule has 0 saturated heterocycles. The second kappa shape index (κ2) is 4.69. The van der Waals surface area contributed by atoms with E-state index in [0.29, 0.717) is 5.69 Å². The molecule has 1 amide bonds. The Balaban J connectivity index is 2.05. The first-order chi connectivity index (χ1) is 8.00. The van der Waals surface area contributed by atoms with Crippen LogP contribution in [-0.2, 0) is 0 Å². The minimum Gasteiger partial charge on any atom is -0.398 e. The van der Waals surface area contributed by atoms with Gasteiger partial charge >= 0.3 is 0 Å². The van der Waals surface area contributed by atoms with Crippen LogP contribution in [0.4, 0.5) is 5.69 Å². The van der Waals surface area contributed by atoms with Gasteiger partial charge in [0.15, 0.2) is 0 Å². The minimum absolute atomic E-state index is 0.0258. The summed E-state index contributed by atoms with van der Waals surface area (Å²) in [4.78, 5) is 13.9. The molecule has 0 radical (unpaired) electrons. The third-order valence-corrected chi connectivity index (χ3v) is 4.62. The van der Waals surface area contributed by atoms with Crippen molar-refractivity contribution in [2.45, 2.75) is 51.5 Å². The quantitative estimate of drug-likeness (QED) is 0.849. The van der Waals surface area contributed by atoms with Crippen molar-refractivity contribution in [3.05, 3.63) is 15.8 Å². The minimum atomic E-state index is -0.0258. The smallest absolute Gasteiger partial charge is 0.261 e. The number of anilines is 1. The first kappa shape index (κ1) is 12.4. The van der Waals surface area contributed by atoms with Gasteiger partial charge in [-0.05, 0) is 32.8 Å². The molecule has 1 saturated carbocycles. The standard InChI is InChI=1S/C13H20N2OS/c1-9-10(14)8-11(17-9)12(16)15-13(2)6-4-3-5-7-13/h8H,3-7,14H2,1-2H3,(H,15,16). The fourth-order valence-electron chi connectivity index (χ4n) is 2.40. The SMILES string of the molecule is Cc1sc(C(=O)NC2(C)CCCCC2)cc1N. The average Bonchev–Trinajstić information content (AvgIpc) is 2.60. The van der Waals surface area contributed by atoms with E-state index < -0.39 is 0 Å². The fourth-order valence-corrected chi connectivity index (χ4v) is 3.24. The maximum atomic E-state index is 12.1. The summed E-state index contributed by atoms with van der Waals surface area (Å²) in [6.45, 7) is 4.09. The van der Waals surface area contributed by atoms with E-state index >= 15 is 0 Å². The van der Waals surface area contributed by atoms with Crippen molar-refractivity contribution in [3.63, 3.8) is 0 Å². The number of thiophene rings is 1. The monoisotopic (exact) mass is 252 g/mol. The van der Waals surface area contributed by atoms with E-state index in [1.165, 1.54) is 30.6 Å². The molecule has 1 aromatic heterocycles. The second-order valence-corrected chi connectivity index (χ2v) is 6.45. The van der Waals surface area contributed by atoms with Crippen molar-refractivity contribution < 1.29 is 4.79 Å². The van der Waals surface area contributed by atoms with Crippen LogP contribution in [0, 0.1) is 6.92 Å². The molecule has 0 bridgehead atoms. The summed E-state index contributed by atoms with van der Waals surface area (Å²) in [7, 11) is 0. The van der Waals surface area contributed by atoms with Crippen molar-refractivity contribution >= 4 is 22.9 Å². The lowest BCUT2D eigenvalue weighted by molar-refractivity contribution is 0.0887. The van der Waals surface area contributed by atoms with Crippen LogP contribution in [-0.4, -0.2) is 11.4 Å². The van der Waals surface area contributed by atoms with E-state index in [1.807, 2.05) is 6.92 Å². The van der Waals surface area contributed by atoms with Crippen molar-refractivity contribution in [2.75, 3.05) is 5.73 Å². The molecule has 0 atom stereocenters. The predicted octanol–water partition coefficient (Wildman–Crippen LogP) is 3.09. The number of nitrogens with two attached hydrogens (primary N) is 1. The van der Waals surface area contributed by atoms with Gasteiger partial charge in [0.05, 0.1) is 4.88 Å². The summed E-state index contributed by atoms with van der Waals surface area (Å²) >= 11 is 1.47. The average molecular weight is 252 g/mol. The first-order valence-electron chi connectivity index (χ1n) is 6.19. The molecule has 1 heterocycles. The maximum Gasteiger partial charge on any atom is 0.261 e. The van der Waals surface area contributed by atoms with Gasteiger partial charge in [-0.3, -0.25) is 4.79 Å². The lowest BCUT2D eigenvalue weighted by Crippen LogP contribution is -2.47. The molecule has 0 spiro atoms. The Morgan fingerprint density at radius 1 is 1.41 bits per heavy atom. The zero-order chi connectivity index (χ0) is 12.5. The lowest BCUT2D eigenvalue weighted by Gasteiger charge is -2.34. The second-order valence-electron chi connectivity index (χ2n) is 5.20. The molecule has 1 aliphatic carbocycles. The molecular weight excluding hydrogens is 232 g/mol. The van der Waals surface area contributed by atoms with Gasteiger partial charge in [-0.15, -0.1) is 11.3 Å². The summed E-state index contributed by atoms with van der Waals surface area (Å²) in [6.07, 6.45) is 5.87. The molecule has 4 heteroatoms. The molecule has 0 aliphatic heterocycles. The number of carbonyl (C=O) groups excluding carboxylic acids is 1. The number of hydrogen-bond donors (Lipinski definition) is 2. The number of amides is 1. The number of rotatable bonds is 2. The van der Waals surface area contributed by atoms with Gasteiger partial charge in [-0.2, -0.15) is 0 Å². The van der Waals surface area contributed by atoms with Crippen molar-refractivity contribution in [3.8, 4) is 0 Å². The highest BCUT2D eigenvalue weighted by molar-refractivity contribution is 7.14. The number of carbonyl (C=O) groups is 1. The third-order valence-electron chi connectivity index (χ3n) is 3.55. The van der Waals surface area contributed by atoms with Crippen molar-refractivity contribution in [1.29, 1.82) is 0 Å². The molecule has 0 unspecified atom stereocenters. The van der Waals surface area contributed by atoms with E-state index in [-0.39, 0.29) is 11.4 Å². The molecule has 1 aromatic rings. The highest BCUT2D eigenvalue weighted by Gasteiger charge is 2.29. The Morgan fingerprint density at radius 3 is 2.59 bits per heavy atom. The van der Waals surface area contributed by atoms with Gasteiger partial charge in [0, 0.05) is 16.1 Å². The van der Waals surface area contributed by atoms with Gasteiger partial charge in [-0.1, -0.05) is 19.3 Å². The van der Waals surface area contributed by atoms with E-state index in [2.05, 4.69) is 12.2 Å². The van der Waals surface area contributed by atoms with E-state index in [4.69, 9.17) is 5.73 Å². The number of nitrogen functional groups attached to an aromatic ring is 1. The maximum absolute atomic E-state index is 12.1. The highest BCUT2D eigenvalue weighted by Crippen LogP contribution is 2.29. The highest BCUT2D eigenvalue weighted by atomic mass is 32.1. The van der Waals surface area contributed by atoms with Crippen LogP contribution in [0.25, 0.3) is 0 Å². The van der Waals surface area contributed by atoms with Crippen LogP contribution in [0.5, 0.6) is 0 Å². The topological polar surface area (TPSA) is 55.1 Å². The first-order valence-corrected chi connectivity index (χ1v) is 7.00. The fraction of sp³-hybridized carbons (Fsp3) is 0.615. The Hall–Kier alpha value is -1.03. The van der Waals surface area contributed by atoms with Crippen LogP contribution in [0.15, 0.2) is 6.07 Å². The van der Waals surface area contributed by atoms with Crippen molar-refractivity contribution in [2.24, 2.45) is 0 Å². The number of aryl methyl sites for hydroxylation is 1. The van der Waals surface area contributed by atoms with Gasteiger partial charge in [-0.25, -0.2) is 0 Å². The van der Waals surface area contributed by atoms with Crippen LogP contribution < -0.4 is 11.1 Å². The largest absolute Gasteiger partial charge is 0.398 e. The molecule has 94 valence electrons. The summed E-state index contributed by atoms with van der Waals surface area (Å²) in [5.74, 6) is 0.0270. The van der Waals surface area contributed by atoms with Crippen molar-refractivity contribution in [1.82, 2.24) is 5.32 Å². The lowest BCUT2D eigenvalue weighted by atomic mass is 9.83. The molecule has 3 N–H and O–H groups in total. The Morgan fingerprint density at radius 2 is 2.06 bits per heavy atom. The summed E-state index contributed by atoms with van der Waals surface area (Å²) < 4.78 is 0. The summed E-state index contributed by atoms with van der Waals surface area (Å²) in [5.41, 5.74) is 6.47. The molecule has 0 aromatic carbocycles. The van der Waals surface area contributed by atoms with E-state index in [0.717, 1.165) is 22.6 Å². The summed E-state index contributed by atoms with van der Waals surface area (Å²) in [6, 6.07) is 1.78. The van der Waals surface area contributed by atoms with Gasteiger partial charge in [0.2, 0.25) is 0 Å². The van der Waals surface area contributed by atoms with Crippen LogP contribution in [0.3, 0.4) is 0 Å². The number of nitrogens with one attached hydrogen (secondary N) is 1. The van der Waals surface area contributed by atoms with Gasteiger partial charge in [0.25, 0.3) is 5.91 Å². The zero-order valence-electron chi connectivity index (χ0n) is 10.5. The van der Waals surface area contributed by atoms with Crippen LogP contribution >= 0.6 is 11.3 Å². The Labute approximate surface area is 106 Å². The van der Waals surface area contributed by atoms with E-state index in [9.17, 15) is 4.79 Å². The third kappa shape index (κ3) is 2.80. The van der Waals surface area contributed by atoms with Crippen LogP contribution in [0.2, 0.25) is 0 Å². The Kier molecular flexibility index (Phi) is 3.43. The molecule has 1 aliphatic rings. The zero-order valence-corrected chi connectivity index (χ0v) is 11.3. The normalized spacial score (nSPS) is 18.9. The van der Waals surface area contributed by atoms with Crippen LogP contribution in [0.1, 0.15) is 53.6 Å². The number of hydrogen-bond acceptors (Lipinski definition) is 3.